The topological polar surface area (TPSA) is 29.9 Å². The third kappa shape index (κ3) is 3.62. The van der Waals surface area contributed by atoms with Crippen LogP contribution in [0.5, 0.6) is 0 Å². The van der Waals surface area contributed by atoms with E-state index in [0.717, 1.165) is 18.7 Å². The summed E-state index contributed by atoms with van der Waals surface area (Å²) < 4.78 is 1.96. The minimum atomic E-state index is 0.313. The fourth-order valence-electron chi connectivity index (χ4n) is 1.79. The molecule has 0 radical (unpaired) electrons. The van der Waals surface area contributed by atoms with Crippen LogP contribution >= 0.6 is 0 Å². The van der Waals surface area contributed by atoms with Crippen molar-refractivity contribution in [2.75, 3.05) is 12.4 Å². The van der Waals surface area contributed by atoms with Gasteiger partial charge in [-0.3, -0.25) is 4.68 Å². The Labute approximate surface area is 104 Å². The summed E-state index contributed by atoms with van der Waals surface area (Å²) in [5, 5.41) is 10.1. The van der Waals surface area contributed by atoms with E-state index in [4.69, 9.17) is 0 Å². The Morgan fingerprint density at radius 3 is 2.41 bits per heavy atom. The number of aryl methyl sites for hydroxylation is 1. The number of nitrogens with one attached hydrogen (secondary N) is 1. The van der Waals surface area contributed by atoms with Crippen molar-refractivity contribution < 1.29 is 0 Å². The molecule has 0 fully saturated rings. The minimum Gasteiger partial charge on any atom is -0.371 e. The summed E-state index contributed by atoms with van der Waals surface area (Å²) in [5.41, 5.74) is 0.313. The lowest BCUT2D eigenvalue weighted by molar-refractivity contribution is 0.431. The van der Waals surface area contributed by atoms with Crippen LogP contribution in [0.25, 0.3) is 12.2 Å². The Hall–Kier alpha value is -1.25. The summed E-state index contributed by atoms with van der Waals surface area (Å²) in [6.45, 7) is 8.91. The first-order valence-electron chi connectivity index (χ1n) is 6.30. The molecule has 0 aliphatic carbocycles. The molecule has 0 saturated carbocycles. The van der Waals surface area contributed by atoms with Crippen molar-refractivity contribution in [2.45, 2.75) is 40.5 Å². The van der Waals surface area contributed by atoms with Gasteiger partial charge in [0, 0.05) is 19.3 Å². The van der Waals surface area contributed by atoms with Gasteiger partial charge in [0.05, 0.1) is 5.35 Å². The van der Waals surface area contributed by atoms with Gasteiger partial charge in [0.2, 0.25) is 0 Å². The van der Waals surface area contributed by atoms with E-state index in [1.54, 1.807) is 0 Å². The average molecular weight is 235 g/mol. The van der Waals surface area contributed by atoms with Crippen molar-refractivity contribution in [3.05, 3.63) is 10.6 Å². The number of rotatable bonds is 3. The van der Waals surface area contributed by atoms with Gasteiger partial charge in [-0.05, 0) is 18.3 Å². The van der Waals surface area contributed by atoms with E-state index in [1.807, 2.05) is 18.8 Å². The first-order valence-corrected chi connectivity index (χ1v) is 6.30. The summed E-state index contributed by atoms with van der Waals surface area (Å²) in [4.78, 5) is 0. The second-order valence-corrected chi connectivity index (χ2v) is 5.60. The number of hydrogen-bond donors (Lipinski definition) is 1. The highest BCUT2D eigenvalue weighted by atomic mass is 15.3. The molecule has 1 aromatic rings. The third-order valence-electron chi connectivity index (χ3n) is 2.68. The van der Waals surface area contributed by atoms with Gasteiger partial charge in [0.1, 0.15) is 0 Å². The van der Waals surface area contributed by atoms with Gasteiger partial charge in [0.15, 0.2) is 5.82 Å². The van der Waals surface area contributed by atoms with Gasteiger partial charge in [0.25, 0.3) is 0 Å². The molecule has 3 nitrogen and oxygen atoms in total. The SMILES string of the molecule is CC/C=c1/c(NC)nn(C)/c1=C/CC(C)(C)C. The summed E-state index contributed by atoms with van der Waals surface area (Å²) in [5.74, 6) is 0.967. The Morgan fingerprint density at radius 1 is 1.29 bits per heavy atom. The molecule has 0 spiro atoms. The van der Waals surface area contributed by atoms with Gasteiger partial charge < -0.3 is 5.32 Å². The lowest BCUT2D eigenvalue weighted by atomic mass is 9.92. The van der Waals surface area contributed by atoms with E-state index in [9.17, 15) is 0 Å². The Bertz CT molecular complexity index is 475. The highest BCUT2D eigenvalue weighted by Crippen LogP contribution is 2.18. The standard InChI is InChI=1S/C14H25N3/c1-7-8-11-12(9-10-14(2,3)4)17(6)16-13(11)15-5/h8-9H,7,10H2,1-6H3,(H,15,16)/b11-8+,12-9+. The average Bonchev–Trinajstić information content (AvgIpc) is 2.52. The van der Waals surface area contributed by atoms with Crippen molar-refractivity contribution in [2.24, 2.45) is 12.5 Å². The van der Waals surface area contributed by atoms with Gasteiger partial charge in [-0.15, -0.1) is 0 Å². The highest BCUT2D eigenvalue weighted by Gasteiger charge is 2.08. The maximum Gasteiger partial charge on any atom is 0.155 e. The molecule has 1 aromatic heterocycles. The lowest BCUT2D eigenvalue weighted by Gasteiger charge is -2.14. The van der Waals surface area contributed by atoms with Crippen LogP contribution in [0.3, 0.4) is 0 Å². The van der Waals surface area contributed by atoms with Crippen LogP contribution < -0.4 is 15.9 Å². The molecule has 0 amide bonds. The van der Waals surface area contributed by atoms with E-state index in [-0.39, 0.29) is 0 Å². The minimum absolute atomic E-state index is 0.313. The first-order chi connectivity index (χ1) is 7.89. The summed E-state index contributed by atoms with van der Waals surface area (Å²) >= 11 is 0. The van der Waals surface area contributed by atoms with Crippen molar-refractivity contribution in [3.63, 3.8) is 0 Å². The Morgan fingerprint density at radius 2 is 1.94 bits per heavy atom. The molecule has 0 aliphatic rings. The van der Waals surface area contributed by atoms with Crippen LogP contribution in [0.1, 0.15) is 40.5 Å². The molecule has 0 aliphatic heterocycles. The van der Waals surface area contributed by atoms with Crippen molar-refractivity contribution in [3.8, 4) is 0 Å². The molecule has 3 heteroatoms. The molecule has 0 saturated heterocycles. The fraction of sp³-hybridized carbons (Fsp3) is 0.643. The maximum atomic E-state index is 4.49. The number of nitrogens with zero attached hydrogens (tertiary/aromatic N) is 2. The second kappa shape index (κ2) is 5.39. The second-order valence-electron chi connectivity index (χ2n) is 5.60. The van der Waals surface area contributed by atoms with E-state index in [1.165, 1.54) is 10.6 Å². The molecule has 0 atom stereocenters. The zero-order valence-electron chi connectivity index (χ0n) is 12.0. The molecule has 1 heterocycles. The third-order valence-corrected chi connectivity index (χ3v) is 2.68. The zero-order chi connectivity index (χ0) is 13.1. The maximum absolute atomic E-state index is 4.49. The summed E-state index contributed by atoms with van der Waals surface area (Å²) in [7, 11) is 3.92. The van der Waals surface area contributed by atoms with Crippen LogP contribution in [-0.4, -0.2) is 16.8 Å². The molecular formula is C14H25N3. The zero-order valence-corrected chi connectivity index (χ0v) is 12.0. The summed E-state index contributed by atoms with van der Waals surface area (Å²) in [6.07, 6.45) is 6.60. The molecule has 0 bridgehead atoms. The van der Waals surface area contributed by atoms with Gasteiger partial charge in [-0.1, -0.05) is 39.8 Å². The molecule has 1 N–H and O–H groups in total. The molecule has 96 valence electrons. The molecule has 0 unspecified atom stereocenters. The van der Waals surface area contributed by atoms with Crippen LogP contribution in [-0.2, 0) is 7.05 Å². The van der Waals surface area contributed by atoms with Crippen LogP contribution in [0, 0.1) is 5.41 Å². The molecular weight excluding hydrogens is 210 g/mol. The van der Waals surface area contributed by atoms with Crippen LogP contribution in [0.15, 0.2) is 0 Å². The monoisotopic (exact) mass is 235 g/mol. The van der Waals surface area contributed by atoms with E-state index in [2.05, 4.69) is 50.3 Å². The number of hydrogen-bond acceptors (Lipinski definition) is 2. The quantitative estimate of drug-likeness (QED) is 0.867. The number of anilines is 1. The molecule has 1 rings (SSSR count). The smallest absolute Gasteiger partial charge is 0.155 e. The molecule has 0 aromatic carbocycles. The van der Waals surface area contributed by atoms with E-state index >= 15 is 0 Å². The normalized spacial score (nSPS) is 14.5. The van der Waals surface area contributed by atoms with E-state index in [0.29, 0.717) is 5.41 Å². The predicted octanol–water partition coefficient (Wildman–Crippen LogP) is 1.87. The number of aromatic nitrogens is 2. The van der Waals surface area contributed by atoms with Crippen molar-refractivity contribution in [1.82, 2.24) is 9.78 Å². The van der Waals surface area contributed by atoms with Crippen molar-refractivity contribution >= 4 is 18.0 Å². The van der Waals surface area contributed by atoms with Gasteiger partial charge in [-0.2, -0.15) is 5.10 Å². The summed E-state index contributed by atoms with van der Waals surface area (Å²) in [6, 6.07) is 0. The van der Waals surface area contributed by atoms with Crippen LogP contribution in [0.4, 0.5) is 5.82 Å². The highest BCUT2D eigenvalue weighted by molar-refractivity contribution is 5.44. The van der Waals surface area contributed by atoms with Crippen molar-refractivity contribution in [1.29, 1.82) is 0 Å². The fourth-order valence-corrected chi connectivity index (χ4v) is 1.79. The molecule has 17 heavy (non-hydrogen) atoms. The largest absolute Gasteiger partial charge is 0.371 e. The van der Waals surface area contributed by atoms with Gasteiger partial charge in [-0.25, -0.2) is 0 Å². The predicted molar refractivity (Wildman–Crippen MR) is 75.3 cm³/mol. The lowest BCUT2D eigenvalue weighted by Crippen LogP contribution is -2.29. The van der Waals surface area contributed by atoms with E-state index < -0.39 is 0 Å². The first kappa shape index (κ1) is 13.8. The Kier molecular flexibility index (Phi) is 4.38. The van der Waals surface area contributed by atoms with Crippen LogP contribution in [0.2, 0.25) is 0 Å². The van der Waals surface area contributed by atoms with Gasteiger partial charge >= 0.3 is 0 Å². The Balaban J connectivity index is 3.32.